The molecule has 38 heavy (non-hydrogen) atoms. The number of rotatable bonds is 8. The number of ketones is 1. The Balaban J connectivity index is 1.91. The maximum Gasteiger partial charge on any atom is 0.269 e. The quantitative estimate of drug-likeness (QED) is 0.0613. The number of non-ortho nitro benzene ring substituents is 1. The van der Waals surface area contributed by atoms with E-state index < -0.39 is 16.6 Å². The summed E-state index contributed by atoms with van der Waals surface area (Å²) in [6.07, 6.45) is 1.64. The van der Waals surface area contributed by atoms with E-state index in [2.05, 4.69) is 6.07 Å². The van der Waals surface area contributed by atoms with E-state index in [1.54, 1.807) is 6.08 Å². The van der Waals surface area contributed by atoms with Crippen molar-refractivity contribution in [2.75, 3.05) is 0 Å². The molecule has 4 rings (SSSR count). The second kappa shape index (κ2) is 11.7. The van der Waals surface area contributed by atoms with Crippen LogP contribution in [-0.4, -0.2) is 10.7 Å². The highest BCUT2D eigenvalue weighted by Crippen LogP contribution is 2.33. The van der Waals surface area contributed by atoms with Gasteiger partial charge in [-0.25, -0.2) is 8.78 Å². The molecule has 0 fully saturated rings. The van der Waals surface area contributed by atoms with Gasteiger partial charge >= 0.3 is 0 Å². The highest BCUT2D eigenvalue weighted by Gasteiger charge is 2.16. The molecule has 0 aliphatic rings. The normalized spacial score (nSPS) is 11.9. The molecule has 4 aromatic rings. The number of benzene rings is 4. The fourth-order valence-electron chi connectivity index (χ4n) is 3.93. The number of nitro benzene ring substituents is 1. The van der Waals surface area contributed by atoms with Crippen LogP contribution in [-0.2, 0) is 0 Å². The van der Waals surface area contributed by atoms with Crippen molar-refractivity contribution in [2.45, 2.75) is 6.42 Å². The molecule has 0 amide bonds. The summed E-state index contributed by atoms with van der Waals surface area (Å²) in [4.78, 5) is 23.7. The van der Waals surface area contributed by atoms with E-state index in [4.69, 9.17) is 0 Å². The fraction of sp³-hybridized carbons (Fsp3) is 0.0323. The third-order valence-electron chi connectivity index (χ3n) is 5.88. The number of halogens is 2. The summed E-state index contributed by atoms with van der Waals surface area (Å²) >= 11 is 0. The van der Waals surface area contributed by atoms with Crippen molar-refractivity contribution in [2.24, 2.45) is 0 Å². The zero-order valence-corrected chi connectivity index (χ0v) is 20.0. The Kier molecular flexibility index (Phi) is 7.95. The Morgan fingerprint density at radius 3 is 1.82 bits per heavy atom. The van der Waals surface area contributed by atoms with Crippen LogP contribution in [0, 0.1) is 33.1 Å². The lowest BCUT2D eigenvalue weighted by atomic mass is 9.90. The lowest BCUT2D eigenvalue weighted by Crippen LogP contribution is -2.02. The molecular weight excluding hydrogens is 486 g/mol. The number of hydrogen-bond donors (Lipinski definition) is 0. The van der Waals surface area contributed by atoms with Crippen molar-refractivity contribution in [3.8, 4) is 6.07 Å². The summed E-state index contributed by atoms with van der Waals surface area (Å²) in [6.45, 7) is 0. The molecule has 0 bridgehead atoms. The summed E-state index contributed by atoms with van der Waals surface area (Å²) in [5.41, 5.74) is 3.05. The lowest BCUT2D eigenvalue weighted by molar-refractivity contribution is -0.384. The second-order valence-electron chi connectivity index (χ2n) is 8.35. The standard InChI is InChI=1S/C31H20F2N2O3/c32-26-12-6-22(7-13-26)29(30(20-34)23-10-16-28(17-11-23)35(37)38)18-25(21-4-2-1-3-5-21)19-31(36)24-8-14-27(33)15-9-24/h1-18H,19H2/b25-18+,30-29+. The predicted molar refractivity (Wildman–Crippen MR) is 142 cm³/mol. The molecule has 0 N–H and O–H groups in total. The monoisotopic (exact) mass is 506 g/mol. The van der Waals surface area contributed by atoms with Crippen LogP contribution in [0.3, 0.4) is 0 Å². The largest absolute Gasteiger partial charge is 0.294 e. The smallest absolute Gasteiger partial charge is 0.269 e. The number of carbonyl (C=O) groups is 1. The molecule has 5 nitrogen and oxygen atoms in total. The molecule has 186 valence electrons. The summed E-state index contributed by atoms with van der Waals surface area (Å²) in [7, 11) is 0. The van der Waals surface area contributed by atoms with Crippen molar-refractivity contribution in [1.82, 2.24) is 0 Å². The minimum absolute atomic E-state index is 0.0562. The van der Waals surface area contributed by atoms with Crippen molar-refractivity contribution in [1.29, 1.82) is 5.26 Å². The highest BCUT2D eigenvalue weighted by atomic mass is 19.1. The number of nitrogens with zero attached hydrogens (tertiary/aromatic N) is 2. The first-order chi connectivity index (χ1) is 18.4. The van der Waals surface area contributed by atoms with E-state index in [1.807, 2.05) is 30.3 Å². The van der Waals surface area contributed by atoms with E-state index >= 15 is 0 Å². The van der Waals surface area contributed by atoms with Crippen LogP contribution in [0.5, 0.6) is 0 Å². The van der Waals surface area contributed by atoms with Crippen molar-refractivity contribution in [3.05, 3.63) is 153 Å². The van der Waals surface area contributed by atoms with Gasteiger partial charge in [-0.1, -0.05) is 42.5 Å². The van der Waals surface area contributed by atoms with Gasteiger partial charge in [0.1, 0.15) is 17.7 Å². The zero-order chi connectivity index (χ0) is 27.1. The number of carbonyl (C=O) groups excluding carboxylic acids is 1. The maximum absolute atomic E-state index is 13.8. The molecule has 0 heterocycles. The van der Waals surface area contributed by atoms with E-state index in [-0.39, 0.29) is 23.5 Å². The Bertz CT molecular complexity index is 1570. The Hall–Kier alpha value is -5.22. The Labute approximate surface area is 217 Å². The molecule has 0 atom stereocenters. The topological polar surface area (TPSA) is 84.0 Å². The van der Waals surface area contributed by atoms with Crippen molar-refractivity contribution < 1.29 is 18.5 Å². The number of Topliss-reactive ketones (excluding diaryl/α,β-unsaturated/α-hetero) is 1. The summed E-state index contributed by atoms with van der Waals surface area (Å²) in [5.74, 6) is -1.17. The van der Waals surface area contributed by atoms with Crippen LogP contribution in [0.2, 0.25) is 0 Å². The Morgan fingerprint density at radius 2 is 1.29 bits per heavy atom. The van der Waals surface area contributed by atoms with Crippen molar-refractivity contribution >= 4 is 28.2 Å². The highest BCUT2D eigenvalue weighted by molar-refractivity contribution is 6.07. The van der Waals surface area contributed by atoms with Gasteiger partial charge in [0.25, 0.3) is 5.69 Å². The number of nitro groups is 1. The molecular formula is C31H20F2N2O3. The molecule has 0 radical (unpaired) electrons. The molecule has 0 unspecified atom stereocenters. The SMILES string of the molecule is N#C/C(=C(/C=C(\CC(=O)c1ccc(F)cc1)c1ccccc1)c1ccc(F)cc1)c1ccc([N+](=O)[O-])cc1. The molecule has 4 aromatic carbocycles. The van der Waals surface area contributed by atoms with E-state index in [1.165, 1.54) is 72.8 Å². The lowest BCUT2D eigenvalue weighted by Gasteiger charge is -2.13. The number of nitriles is 1. The van der Waals surface area contributed by atoms with Gasteiger partial charge in [-0.2, -0.15) is 5.26 Å². The van der Waals surface area contributed by atoms with E-state index in [0.29, 0.717) is 27.8 Å². The van der Waals surface area contributed by atoms with Crippen LogP contribution >= 0.6 is 0 Å². The summed E-state index contributed by atoms with van der Waals surface area (Å²) in [5, 5.41) is 21.3. The van der Waals surface area contributed by atoms with E-state index in [9.17, 15) is 29.0 Å². The predicted octanol–water partition coefficient (Wildman–Crippen LogP) is 7.66. The van der Waals surface area contributed by atoms with Crippen LogP contribution in [0.4, 0.5) is 14.5 Å². The second-order valence-corrected chi connectivity index (χ2v) is 8.35. The average Bonchev–Trinajstić information content (AvgIpc) is 2.94. The molecule has 0 aromatic heterocycles. The van der Waals surface area contributed by atoms with Crippen LogP contribution in [0.25, 0.3) is 16.7 Å². The summed E-state index contributed by atoms with van der Waals surface area (Å²) in [6, 6.07) is 27.6. The first-order valence-electron chi connectivity index (χ1n) is 11.6. The molecule has 0 saturated carbocycles. The third-order valence-corrected chi connectivity index (χ3v) is 5.88. The van der Waals surface area contributed by atoms with Crippen LogP contribution < -0.4 is 0 Å². The molecule has 0 aliphatic carbocycles. The molecule has 7 heteroatoms. The van der Waals surface area contributed by atoms with Crippen LogP contribution in [0.15, 0.2) is 109 Å². The van der Waals surface area contributed by atoms with Gasteiger partial charge in [-0.05, 0) is 76.9 Å². The van der Waals surface area contributed by atoms with Crippen LogP contribution in [0.1, 0.15) is 33.5 Å². The van der Waals surface area contributed by atoms with Gasteiger partial charge in [-0.15, -0.1) is 0 Å². The zero-order valence-electron chi connectivity index (χ0n) is 20.0. The number of allylic oxidation sites excluding steroid dienone is 4. The summed E-state index contributed by atoms with van der Waals surface area (Å²) < 4.78 is 27.2. The average molecular weight is 507 g/mol. The van der Waals surface area contributed by atoms with Gasteiger partial charge in [0.05, 0.1) is 10.5 Å². The van der Waals surface area contributed by atoms with Gasteiger partial charge in [-0.3, -0.25) is 14.9 Å². The van der Waals surface area contributed by atoms with E-state index in [0.717, 1.165) is 5.56 Å². The first-order valence-corrected chi connectivity index (χ1v) is 11.6. The fourth-order valence-corrected chi connectivity index (χ4v) is 3.93. The minimum Gasteiger partial charge on any atom is -0.294 e. The van der Waals surface area contributed by atoms with Gasteiger partial charge < -0.3 is 0 Å². The first kappa shape index (κ1) is 25.9. The van der Waals surface area contributed by atoms with Gasteiger partial charge in [0.15, 0.2) is 5.78 Å². The number of hydrogen-bond acceptors (Lipinski definition) is 4. The van der Waals surface area contributed by atoms with Gasteiger partial charge in [0, 0.05) is 29.7 Å². The molecule has 0 saturated heterocycles. The molecule has 0 aliphatic heterocycles. The van der Waals surface area contributed by atoms with Crippen molar-refractivity contribution in [3.63, 3.8) is 0 Å². The maximum atomic E-state index is 13.8. The Morgan fingerprint density at radius 1 is 0.763 bits per heavy atom. The molecule has 0 spiro atoms. The minimum atomic E-state index is -0.533. The van der Waals surface area contributed by atoms with Gasteiger partial charge in [0.2, 0.25) is 0 Å². The third kappa shape index (κ3) is 6.12.